The number of hydrogen-bond acceptors (Lipinski definition) is 4. The lowest BCUT2D eigenvalue weighted by atomic mass is 10.1. The molecular weight excluding hydrogens is 274 g/mol. The Balaban J connectivity index is 1.78. The van der Waals surface area contributed by atoms with Crippen LogP contribution in [0.5, 0.6) is 0 Å². The number of β-amino-alcohol motifs (C(OH)–C–C–N with tert-alkyl or cyclic N) is 1. The molecule has 1 atom stereocenters. The van der Waals surface area contributed by atoms with E-state index in [-0.39, 0.29) is 11.9 Å². The number of carbonyl (C=O) groups is 2. The molecule has 0 spiro atoms. The molecule has 1 aliphatic carbocycles. The van der Waals surface area contributed by atoms with Crippen molar-refractivity contribution in [1.82, 2.24) is 15.1 Å². The second-order valence-corrected chi connectivity index (χ2v) is 6.68. The highest BCUT2D eigenvalue weighted by atomic mass is 16.4. The van der Waals surface area contributed by atoms with E-state index in [0.29, 0.717) is 32.7 Å². The summed E-state index contributed by atoms with van der Waals surface area (Å²) in [7, 11) is 0. The molecule has 3 N–H and O–H groups in total. The molecule has 1 unspecified atom stereocenters. The van der Waals surface area contributed by atoms with E-state index in [4.69, 9.17) is 5.11 Å². The molecule has 7 heteroatoms. The lowest BCUT2D eigenvalue weighted by molar-refractivity contribution is -0.139. The number of urea groups is 1. The van der Waals surface area contributed by atoms with Crippen LogP contribution in [0.25, 0.3) is 0 Å². The zero-order chi connectivity index (χ0) is 15.6. The summed E-state index contributed by atoms with van der Waals surface area (Å²) in [6.07, 6.45) is 1.74. The number of nitrogens with zero attached hydrogens (tertiary/aromatic N) is 2. The molecule has 0 radical (unpaired) electrons. The van der Waals surface area contributed by atoms with Crippen molar-refractivity contribution in [1.29, 1.82) is 0 Å². The highest BCUT2D eigenvalue weighted by Gasteiger charge is 2.38. The molecule has 0 aromatic carbocycles. The Morgan fingerprint density at radius 2 is 1.81 bits per heavy atom. The third kappa shape index (κ3) is 4.86. The van der Waals surface area contributed by atoms with E-state index in [0.717, 1.165) is 12.8 Å². The highest BCUT2D eigenvalue weighted by Crippen LogP contribution is 2.32. The van der Waals surface area contributed by atoms with Crippen LogP contribution in [0.4, 0.5) is 4.79 Å². The summed E-state index contributed by atoms with van der Waals surface area (Å²) < 4.78 is 0. The van der Waals surface area contributed by atoms with Crippen LogP contribution in [0.3, 0.4) is 0 Å². The maximum atomic E-state index is 12.1. The summed E-state index contributed by atoms with van der Waals surface area (Å²) in [5.41, 5.74) is -0.745. The smallest absolute Gasteiger partial charge is 0.326 e. The van der Waals surface area contributed by atoms with Crippen LogP contribution in [0.1, 0.15) is 26.7 Å². The second kappa shape index (κ2) is 6.19. The molecule has 0 aromatic rings. The lowest BCUT2D eigenvalue weighted by Crippen LogP contribution is -2.56. The quantitative estimate of drug-likeness (QED) is 0.662. The number of amides is 2. The maximum absolute atomic E-state index is 12.1. The lowest BCUT2D eigenvalue weighted by Gasteiger charge is -2.37. The number of carbonyl (C=O) groups excluding carboxylic acids is 1. The van der Waals surface area contributed by atoms with Gasteiger partial charge in [-0.3, -0.25) is 4.90 Å². The van der Waals surface area contributed by atoms with E-state index >= 15 is 0 Å². The van der Waals surface area contributed by atoms with Gasteiger partial charge in [-0.1, -0.05) is 0 Å². The Morgan fingerprint density at radius 1 is 1.24 bits per heavy atom. The predicted octanol–water partition coefficient (Wildman–Crippen LogP) is -0.0523. The number of carboxylic acids is 1. The van der Waals surface area contributed by atoms with Crippen LogP contribution in [0, 0.1) is 5.92 Å². The van der Waals surface area contributed by atoms with E-state index in [2.05, 4.69) is 10.2 Å². The Hall–Kier alpha value is -1.34. The molecule has 1 heterocycles. The van der Waals surface area contributed by atoms with Crippen LogP contribution in [-0.4, -0.2) is 76.4 Å². The summed E-state index contributed by atoms with van der Waals surface area (Å²) in [6, 6.07) is -1.05. The van der Waals surface area contributed by atoms with Crippen molar-refractivity contribution >= 4 is 12.0 Å². The Kier molecular flexibility index (Phi) is 4.73. The Morgan fingerprint density at radius 3 is 2.24 bits per heavy atom. The first-order chi connectivity index (χ1) is 9.76. The predicted molar refractivity (Wildman–Crippen MR) is 77.0 cm³/mol. The molecule has 2 amide bonds. The number of aliphatic hydroxyl groups is 1. The number of piperazine rings is 1. The summed E-state index contributed by atoms with van der Waals surface area (Å²) in [5.74, 6) is -0.866. The average molecular weight is 299 g/mol. The van der Waals surface area contributed by atoms with Gasteiger partial charge in [0.2, 0.25) is 0 Å². The molecule has 2 fully saturated rings. The van der Waals surface area contributed by atoms with Crippen molar-refractivity contribution in [2.45, 2.75) is 38.3 Å². The summed E-state index contributed by atoms with van der Waals surface area (Å²) in [5, 5.41) is 21.6. The van der Waals surface area contributed by atoms with Gasteiger partial charge in [0.15, 0.2) is 0 Å². The molecule has 0 bridgehead atoms. The average Bonchev–Trinajstić information content (AvgIpc) is 3.18. The van der Waals surface area contributed by atoms with Gasteiger partial charge in [0.25, 0.3) is 0 Å². The van der Waals surface area contributed by atoms with E-state index < -0.39 is 17.6 Å². The number of rotatable bonds is 5. The van der Waals surface area contributed by atoms with Crippen LogP contribution in [0.15, 0.2) is 0 Å². The molecular formula is C14H25N3O4. The first-order valence-electron chi connectivity index (χ1n) is 7.49. The normalized spacial score (nSPS) is 22.0. The van der Waals surface area contributed by atoms with Gasteiger partial charge in [0.1, 0.15) is 6.04 Å². The van der Waals surface area contributed by atoms with Crippen LogP contribution >= 0.6 is 0 Å². The van der Waals surface area contributed by atoms with E-state index in [1.54, 1.807) is 18.7 Å². The molecule has 1 aliphatic heterocycles. The van der Waals surface area contributed by atoms with Crippen molar-refractivity contribution in [3.63, 3.8) is 0 Å². The van der Waals surface area contributed by atoms with Crippen LogP contribution in [0.2, 0.25) is 0 Å². The number of aliphatic carboxylic acids is 1. The van der Waals surface area contributed by atoms with Gasteiger partial charge in [0, 0.05) is 32.7 Å². The van der Waals surface area contributed by atoms with Gasteiger partial charge >= 0.3 is 12.0 Å². The molecule has 0 aromatic heterocycles. The van der Waals surface area contributed by atoms with Gasteiger partial charge < -0.3 is 20.4 Å². The molecule has 1 saturated carbocycles. The zero-order valence-electron chi connectivity index (χ0n) is 12.7. The van der Waals surface area contributed by atoms with Crippen molar-refractivity contribution < 1.29 is 19.8 Å². The first-order valence-corrected chi connectivity index (χ1v) is 7.49. The Labute approximate surface area is 124 Å². The van der Waals surface area contributed by atoms with E-state index in [1.807, 2.05) is 0 Å². The van der Waals surface area contributed by atoms with Crippen molar-refractivity contribution in [3.05, 3.63) is 0 Å². The minimum absolute atomic E-state index is 0.0860. The SMILES string of the molecule is CC(C)(O)CN1CCN(C(=O)NC(C(=O)O)C2CC2)CC1. The molecule has 1 saturated heterocycles. The highest BCUT2D eigenvalue weighted by molar-refractivity contribution is 5.83. The van der Waals surface area contributed by atoms with Crippen LogP contribution < -0.4 is 5.32 Å². The topological polar surface area (TPSA) is 93.1 Å². The maximum Gasteiger partial charge on any atom is 0.326 e. The third-order valence-corrected chi connectivity index (χ3v) is 3.91. The molecule has 2 rings (SSSR count). The van der Waals surface area contributed by atoms with Crippen molar-refractivity contribution in [3.8, 4) is 0 Å². The van der Waals surface area contributed by atoms with Gasteiger partial charge in [-0.05, 0) is 32.6 Å². The third-order valence-electron chi connectivity index (χ3n) is 3.91. The largest absolute Gasteiger partial charge is 0.480 e. The summed E-state index contributed by atoms with van der Waals surface area (Å²) in [4.78, 5) is 27.0. The van der Waals surface area contributed by atoms with Crippen LogP contribution in [-0.2, 0) is 4.79 Å². The van der Waals surface area contributed by atoms with Gasteiger partial charge in [-0.25, -0.2) is 9.59 Å². The van der Waals surface area contributed by atoms with Gasteiger partial charge in [0.05, 0.1) is 5.60 Å². The number of hydrogen-bond donors (Lipinski definition) is 3. The number of carboxylic acid groups (broad SMARTS) is 1. The van der Waals surface area contributed by atoms with Crippen molar-refractivity contribution in [2.75, 3.05) is 32.7 Å². The molecule has 2 aliphatic rings. The van der Waals surface area contributed by atoms with E-state index in [9.17, 15) is 14.7 Å². The molecule has 21 heavy (non-hydrogen) atoms. The van der Waals surface area contributed by atoms with Crippen molar-refractivity contribution in [2.24, 2.45) is 5.92 Å². The monoisotopic (exact) mass is 299 g/mol. The molecule has 7 nitrogen and oxygen atoms in total. The number of nitrogens with one attached hydrogen (secondary N) is 1. The zero-order valence-corrected chi connectivity index (χ0v) is 12.7. The van der Waals surface area contributed by atoms with E-state index in [1.165, 1.54) is 0 Å². The fraction of sp³-hybridized carbons (Fsp3) is 0.857. The molecule has 120 valence electrons. The fourth-order valence-corrected chi connectivity index (χ4v) is 2.69. The summed E-state index contributed by atoms with van der Waals surface area (Å²) in [6.45, 7) is 6.59. The standard InChI is InChI=1S/C14H25N3O4/c1-14(2,21)9-16-5-7-17(8-6-16)13(20)15-11(12(18)19)10-3-4-10/h10-11,21H,3-9H2,1-2H3,(H,15,20)(H,18,19). The van der Waals surface area contributed by atoms with Gasteiger partial charge in [-0.15, -0.1) is 0 Å². The summed E-state index contributed by atoms with van der Waals surface area (Å²) >= 11 is 0. The minimum atomic E-state index is -0.952. The minimum Gasteiger partial charge on any atom is -0.480 e. The first kappa shape index (κ1) is 16.0. The fourth-order valence-electron chi connectivity index (χ4n) is 2.69. The second-order valence-electron chi connectivity index (χ2n) is 6.68. The Bertz CT molecular complexity index is 396. The van der Waals surface area contributed by atoms with Gasteiger partial charge in [-0.2, -0.15) is 0 Å².